The van der Waals surface area contributed by atoms with E-state index in [1.54, 1.807) is 0 Å². The van der Waals surface area contributed by atoms with Gasteiger partial charge in [-0.1, -0.05) is 0 Å². The summed E-state index contributed by atoms with van der Waals surface area (Å²) in [6.07, 6.45) is 2.58. The molecule has 0 bridgehead atoms. The minimum Gasteiger partial charge on any atom is -0.472 e. The van der Waals surface area contributed by atoms with Crippen molar-refractivity contribution in [3.05, 3.63) is 53.7 Å². The highest BCUT2D eigenvalue weighted by Gasteiger charge is 2.18. The van der Waals surface area contributed by atoms with Crippen molar-refractivity contribution < 1.29 is 23.2 Å². The molecule has 4 N–H and O–H groups in total. The quantitative estimate of drug-likeness (QED) is 0.770. The topological polar surface area (TPSA) is 114 Å². The van der Waals surface area contributed by atoms with Gasteiger partial charge in [-0.15, -0.1) is 0 Å². The van der Waals surface area contributed by atoms with Crippen molar-refractivity contribution in [3.8, 4) is 0 Å². The van der Waals surface area contributed by atoms with E-state index >= 15 is 0 Å². The van der Waals surface area contributed by atoms with E-state index in [0.717, 1.165) is 6.07 Å². The highest BCUT2D eigenvalue weighted by atomic mass is 19.1. The van der Waals surface area contributed by atoms with E-state index in [2.05, 4.69) is 10.6 Å². The first-order valence-electron chi connectivity index (χ1n) is 6.61. The van der Waals surface area contributed by atoms with Crippen LogP contribution >= 0.6 is 0 Å². The first-order valence-corrected chi connectivity index (χ1v) is 6.61. The number of halogens is 1. The van der Waals surface area contributed by atoms with Gasteiger partial charge in [0.05, 0.1) is 17.4 Å². The molecule has 2 aromatic rings. The van der Waals surface area contributed by atoms with Gasteiger partial charge in [-0.05, 0) is 31.2 Å². The standard InChI is InChI=1S/C15H14FN3O4/c1-8(18-15(22)9-4-5-23-7-9)14(21)19-10-2-3-11(13(17)20)12(16)6-10/h2-8H,1H3,(H2,17,20)(H,18,22)(H,19,21)/t8-/m0/s1. The Hall–Kier alpha value is -3.16. The lowest BCUT2D eigenvalue weighted by Gasteiger charge is -2.14. The first-order chi connectivity index (χ1) is 10.9. The maximum absolute atomic E-state index is 13.6. The molecule has 0 saturated carbocycles. The number of anilines is 1. The van der Waals surface area contributed by atoms with E-state index in [-0.39, 0.29) is 16.8 Å². The van der Waals surface area contributed by atoms with E-state index in [1.165, 1.54) is 37.6 Å². The second kappa shape index (κ2) is 6.73. The van der Waals surface area contributed by atoms with Gasteiger partial charge in [0.15, 0.2) is 0 Å². The second-order valence-electron chi connectivity index (χ2n) is 4.76. The molecule has 0 saturated heterocycles. The van der Waals surface area contributed by atoms with Gasteiger partial charge in [-0.25, -0.2) is 4.39 Å². The Labute approximate surface area is 130 Å². The van der Waals surface area contributed by atoms with Crippen LogP contribution in [0.3, 0.4) is 0 Å². The van der Waals surface area contributed by atoms with Crippen molar-refractivity contribution in [3.63, 3.8) is 0 Å². The number of nitrogens with one attached hydrogen (secondary N) is 2. The van der Waals surface area contributed by atoms with Gasteiger partial charge in [0.25, 0.3) is 11.8 Å². The Morgan fingerprint density at radius 1 is 1.26 bits per heavy atom. The minimum absolute atomic E-state index is 0.141. The van der Waals surface area contributed by atoms with Crippen molar-refractivity contribution in [2.24, 2.45) is 5.73 Å². The van der Waals surface area contributed by atoms with Crippen molar-refractivity contribution in [2.45, 2.75) is 13.0 Å². The molecule has 7 nitrogen and oxygen atoms in total. The number of furan rings is 1. The summed E-state index contributed by atoms with van der Waals surface area (Å²) in [4.78, 5) is 34.7. The number of carbonyl (C=O) groups is 3. The summed E-state index contributed by atoms with van der Waals surface area (Å²) in [5.74, 6) is -2.77. The van der Waals surface area contributed by atoms with Crippen LogP contribution in [0.5, 0.6) is 0 Å². The van der Waals surface area contributed by atoms with Crippen LogP contribution in [-0.4, -0.2) is 23.8 Å². The maximum atomic E-state index is 13.6. The summed E-state index contributed by atoms with van der Waals surface area (Å²) < 4.78 is 18.4. The van der Waals surface area contributed by atoms with Crippen LogP contribution < -0.4 is 16.4 Å². The number of carbonyl (C=O) groups excluding carboxylic acids is 3. The number of primary amides is 1. The van der Waals surface area contributed by atoms with E-state index in [0.29, 0.717) is 0 Å². The van der Waals surface area contributed by atoms with Gasteiger partial charge < -0.3 is 20.8 Å². The van der Waals surface area contributed by atoms with Crippen LogP contribution in [0.25, 0.3) is 0 Å². The molecule has 3 amide bonds. The van der Waals surface area contributed by atoms with Gasteiger partial charge in [0.2, 0.25) is 5.91 Å². The largest absolute Gasteiger partial charge is 0.472 e. The molecule has 1 aromatic heterocycles. The molecule has 1 aromatic carbocycles. The summed E-state index contributed by atoms with van der Waals surface area (Å²) in [6, 6.07) is 4.07. The molecule has 0 unspecified atom stereocenters. The average Bonchev–Trinajstić information content (AvgIpc) is 3.01. The fourth-order valence-electron chi connectivity index (χ4n) is 1.78. The first kappa shape index (κ1) is 16.2. The zero-order chi connectivity index (χ0) is 17.0. The predicted octanol–water partition coefficient (Wildman–Crippen LogP) is 1.27. The summed E-state index contributed by atoms with van der Waals surface area (Å²) in [6.45, 7) is 1.47. The Kier molecular flexibility index (Phi) is 4.75. The third-order valence-corrected chi connectivity index (χ3v) is 3.03. The van der Waals surface area contributed by atoms with Crippen molar-refractivity contribution in [1.82, 2.24) is 5.32 Å². The fourth-order valence-corrected chi connectivity index (χ4v) is 1.78. The highest BCUT2D eigenvalue weighted by Crippen LogP contribution is 2.14. The molecule has 2 rings (SSSR count). The Morgan fingerprint density at radius 2 is 2.00 bits per heavy atom. The molecule has 0 radical (unpaired) electrons. The average molecular weight is 319 g/mol. The summed E-state index contributed by atoms with van der Waals surface area (Å²) in [5, 5.41) is 4.90. The Balaban J connectivity index is 1.99. The molecule has 0 aliphatic carbocycles. The van der Waals surface area contributed by atoms with Crippen LogP contribution in [-0.2, 0) is 4.79 Å². The van der Waals surface area contributed by atoms with Gasteiger partial charge in [-0.3, -0.25) is 14.4 Å². The summed E-state index contributed by atoms with van der Waals surface area (Å²) in [7, 11) is 0. The molecule has 0 aliphatic rings. The number of nitrogens with two attached hydrogens (primary N) is 1. The van der Waals surface area contributed by atoms with Crippen molar-refractivity contribution in [1.29, 1.82) is 0 Å². The maximum Gasteiger partial charge on any atom is 0.255 e. The third kappa shape index (κ3) is 3.94. The lowest BCUT2D eigenvalue weighted by Crippen LogP contribution is -2.41. The normalized spacial score (nSPS) is 11.6. The number of rotatable bonds is 5. The SMILES string of the molecule is C[C@H](NC(=O)c1ccoc1)C(=O)Nc1ccc(C(N)=O)c(F)c1. The van der Waals surface area contributed by atoms with Crippen LogP contribution in [0.4, 0.5) is 10.1 Å². The lowest BCUT2D eigenvalue weighted by molar-refractivity contribution is -0.117. The molecular formula is C15H14FN3O4. The second-order valence-corrected chi connectivity index (χ2v) is 4.76. The van der Waals surface area contributed by atoms with Gasteiger partial charge in [0, 0.05) is 5.69 Å². The summed E-state index contributed by atoms with van der Waals surface area (Å²) in [5.41, 5.74) is 5.14. The highest BCUT2D eigenvalue weighted by molar-refractivity contribution is 6.01. The van der Waals surface area contributed by atoms with Crippen LogP contribution in [0.1, 0.15) is 27.6 Å². The number of amides is 3. The molecule has 0 fully saturated rings. The Morgan fingerprint density at radius 3 is 2.57 bits per heavy atom. The molecule has 8 heteroatoms. The molecule has 23 heavy (non-hydrogen) atoms. The number of benzene rings is 1. The molecule has 1 heterocycles. The molecule has 120 valence electrons. The van der Waals surface area contributed by atoms with Crippen molar-refractivity contribution >= 4 is 23.4 Å². The van der Waals surface area contributed by atoms with Crippen LogP contribution in [0.15, 0.2) is 41.2 Å². The molecule has 0 aliphatic heterocycles. The van der Waals surface area contributed by atoms with E-state index in [1.807, 2.05) is 0 Å². The fraction of sp³-hybridized carbons (Fsp3) is 0.133. The predicted molar refractivity (Wildman–Crippen MR) is 79.2 cm³/mol. The van der Waals surface area contributed by atoms with E-state index in [4.69, 9.17) is 10.2 Å². The Bertz CT molecular complexity index is 743. The van der Waals surface area contributed by atoms with Crippen molar-refractivity contribution in [2.75, 3.05) is 5.32 Å². The molecule has 1 atom stereocenters. The summed E-state index contributed by atoms with van der Waals surface area (Å²) >= 11 is 0. The number of hydrogen-bond acceptors (Lipinski definition) is 4. The monoisotopic (exact) mass is 319 g/mol. The number of hydrogen-bond donors (Lipinski definition) is 3. The van der Waals surface area contributed by atoms with E-state index < -0.39 is 29.6 Å². The molecule has 0 spiro atoms. The van der Waals surface area contributed by atoms with Gasteiger partial charge in [0.1, 0.15) is 18.1 Å². The zero-order valence-corrected chi connectivity index (χ0v) is 12.1. The van der Waals surface area contributed by atoms with Crippen LogP contribution in [0, 0.1) is 5.82 Å². The zero-order valence-electron chi connectivity index (χ0n) is 12.1. The van der Waals surface area contributed by atoms with Gasteiger partial charge >= 0.3 is 0 Å². The van der Waals surface area contributed by atoms with E-state index in [9.17, 15) is 18.8 Å². The lowest BCUT2D eigenvalue weighted by atomic mass is 10.1. The smallest absolute Gasteiger partial charge is 0.255 e. The van der Waals surface area contributed by atoms with Gasteiger partial charge in [-0.2, -0.15) is 0 Å². The van der Waals surface area contributed by atoms with Crippen LogP contribution in [0.2, 0.25) is 0 Å². The third-order valence-electron chi connectivity index (χ3n) is 3.03. The molecular weight excluding hydrogens is 305 g/mol. The minimum atomic E-state index is -0.902.